The minimum atomic E-state index is -2.86. The van der Waals surface area contributed by atoms with E-state index >= 15 is 0 Å². The molecule has 1 aromatic heterocycles. The first-order chi connectivity index (χ1) is 11.3. The Kier molecular flexibility index (Phi) is 3.65. The van der Waals surface area contributed by atoms with Crippen LogP contribution in [0.4, 0.5) is 0 Å². The van der Waals surface area contributed by atoms with Crippen LogP contribution < -0.4 is 15.9 Å². The summed E-state index contributed by atoms with van der Waals surface area (Å²) in [5.41, 5.74) is 0. The van der Waals surface area contributed by atoms with Crippen LogP contribution in [-0.4, -0.2) is 0 Å². The average Bonchev–Trinajstić information content (AvgIpc) is 3.07. The molecule has 0 atom stereocenters. The van der Waals surface area contributed by atoms with Gasteiger partial charge in [0.05, 0.1) is 0 Å². The van der Waals surface area contributed by atoms with Crippen LogP contribution in [0.1, 0.15) is 0 Å². The van der Waals surface area contributed by atoms with Crippen molar-refractivity contribution in [1.29, 1.82) is 0 Å². The lowest BCUT2D eigenvalue weighted by Crippen LogP contribution is -2.24. The zero-order valence-electron chi connectivity index (χ0n) is 12.4. The first kappa shape index (κ1) is 14.4. The Balaban J connectivity index is 2.06. The lowest BCUT2D eigenvalue weighted by molar-refractivity contribution is 0.592. The molecule has 0 amide bonds. The summed E-state index contributed by atoms with van der Waals surface area (Å²) >= 11 is 1.66. The van der Waals surface area contributed by atoms with Crippen LogP contribution in [0.25, 0.3) is 10.1 Å². The van der Waals surface area contributed by atoms with E-state index in [1.165, 1.54) is 4.70 Å². The van der Waals surface area contributed by atoms with Gasteiger partial charge in [-0.25, -0.2) is 0 Å². The van der Waals surface area contributed by atoms with Gasteiger partial charge in [-0.2, -0.15) is 0 Å². The second kappa shape index (κ2) is 5.81. The molecule has 0 saturated carbocycles. The molecule has 4 rings (SSSR count). The first-order valence-electron chi connectivity index (χ1n) is 7.48. The second-order valence-electron chi connectivity index (χ2n) is 5.40. The van der Waals surface area contributed by atoms with Crippen molar-refractivity contribution in [3.8, 4) is 0 Å². The van der Waals surface area contributed by atoms with Gasteiger partial charge in [-0.1, -0.05) is 78.9 Å². The fraction of sp³-hybridized carbons (Fsp3) is 0. The van der Waals surface area contributed by atoms with E-state index in [0.29, 0.717) is 0 Å². The zero-order valence-corrected chi connectivity index (χ0v) is 14.1. The Morgan fingerprint density at radius 1 is 0.652 bits per heavy atom. The van der Waals surface area contributed by atoms with E-state index in [1.807, 2.05) is 72.8 Å². The maximum absolute atomic E-state index is 14.3. The molecule has 112 valence electrons. The monoisotopic (exact) mass is 334 g/mol. The van der Waals surface area contributed by atoms with Gasteiger partial charge in [-0.3, -0.25) is 0 Å². The largest absolute Gasteiger partial charge is 0.309 e. The van der Waals surface area contributed by atoms with Gasteiger partial charge in [-0.15, -0.1) is 11.3 Å². The molecule has 0 fully saturated rings. The van der Waals surface area contributed by atoms with Crippen LogP contribution in [0.2, 0.25) is 0 Å². The Morgan fingerprint density at radius 2 is 1.17 bits per heavy atom. The van der Waals surface area contributed by atoms with Gasteiger partial charge in [0.1, 0.15) is 0 Å². The van der Waals surface area contributed by atoms with Crippen molar-refractivity contribution < 1.29 is 4.57 Å². The molecular weight excluding hydrogens is 319 g/mol. The molecule has 0 bridgehead atoms. The van der Waals surface area contributed by atoms with Gasteiger partial charge in [0.2, 0.25) is 0 Å². The number of fused-ring (bicyclic) bond motifs is 1. The Hall–Kier alpha value is -2.15. The van der Waals surface area contributed by atoms with E-state index in [2.05, 4.69) is 17.5 Å². The molecule has 23 heavy (non-hydrogen) atoms. The molecule has 0 radical (unpaired) electrons. The van der Waals surface area contributed by atoms with E-state index in [1.54, 1.807) is 11.3 Å². The molecule has 1 nitrogen and oxygen atoms in total. The molecule has 0 unspecified atom stereocenters. The molecule has 3 aromatic carbocycles. The highest BCUT2D eigenvalue weighted by Gasteiger charge is 2.31. The SMILES string of the molecule is O=P(c1ccccc1)(c1ccccc1)c1csc2ccccc12. The van der Waals surface area contributed by atoms with Gasteiger partial charge in [0.15, 0.2) is 7.14 Å². The van der Waals surface area contributed by atoms with Crippen LogP contribution in [0.15, 0.2) is 90.3 Å². The zero-order chi connectivity index (χ0) is 15.7. The van der Waals surface area contributed by atoms with E-state index in [4.69, 9.17) is 0 Å². The summed E-state index contributed by atoms with van der Waals surface area (Å²) in [6.07, 6.45) is 0. The first-order valence-corrected chi connectivity index (χ1v) is 10.1. The molecular formula is C20H15OPS. The van der Waals surface area contributed by atoms with Crippen molar-refractivity contribution in [3.05, 3.63) is 90.3 Å². The maximum Gasteiger partial charge on any atom is 0.172 e. The summed E-state index contributed by atoms with van der Waals surface area (Å²) in [4.78, 5) is 0. The lowest BCUT2D eigenvalue weighted by Gasteiger charge is -2.19. The van der Waals surface area contributed by atoms with Crippen LogP contribution in [0.3, 0.4) is 0 Å². The van der Waals surface area contributed by atoms with Gasteiger partial charge in [-0.05, 0) is 6.07 Å². The summed E-state index contributed by atoms with van der Waals surface area (Å²) < 4.78 is 15.5. The smallest absolute Gasteiger partial charge is 0.172 e. The third-order valence-corrected chi connectivity index (χ3v) is 8.28. The van der Waals surface area contributed by atoms with Crippen molar-refractivity contribution in [2.75, 3.05) is 0 Å². The highest BCUT2D eigenvalue weighted by molar-refractivity contribution is 7.86. The Labute approximate surface area is 139 Å². The summed E-state index contributed by atoms with van der Waals surface area (Å²) in [7, 11) is -2.86. The molecule has 4 aromatic rings. The number of thiophene rings is 1. The minimum Gasteiger partial charge on any atom is -0.309 e. The average molecular weight is 334 g/mol. The fourth-order valence-corrected chi connectivity index (χ4v) is 7.14. The minimum absolute atomic E-state index is 0.884. The fourth-order valence-electron chi connectivity index (χ4n) is 2.91. The van der Waals surface area contributed by atoms with Gasteiger partial charge in [0.25, 0.3) is 0 Å². The highest BCUT2D eigenvalue weighted by atomic mass is 32.1. The standard InChI is InChI=1S/C20H15OPS/c21-22(16-9-3-1-4-10-16,17-11-5-2-6-12-17)19-15-23-20-14-8-7-13-18(19)20/h1-15H. The summed E-state index contributed by atoms with van der Waals surface area (Å²) in [5, 5.41) is 5.86. The van der Waals surface area contributed by atoms with Gasteiger partial charge in [0, 0.05) is 31.4 Å². The summed E-state index contributed by atoms with van der Waals surface area (Å²) in [6, 6.07) is 27.8. The summed E-state index contributed by atoms with van der Waals surface area (Å²) in [6.45, 7) is 0. The van der Waals surface area contributed by atoms with Gasteiger partial charge < -0.3 is 4.57 Å². The van der Waals surface area contributed by atoms with Crippen LogP contribution in [0.5, 0.6) is 0 Å². The molecule has 0 aliphatic rings. The third kappa shape index (κ3) is 2.35. The number of rotatable bonds is 3. The molecule has 0 saturated heterocycles. The van der Waals surface area contributed by atoms with Crippen LogP contribution >= 0.6 is 18.5 Å². The van der Waals surface area contributed by atoms with Gasteiger partial charge >= 0.3 is 0 Å². The quantitative estimate of drug-likeness (QED) is 0.503. The highest BCUT2D eigenvalue weighted by Crippen LogP contribution is 2.45. The van der Waals surface area contributed by atoms with E-state index in [-0.39, 0.29) is 0 Å². The molecule has 3 heteroatoms. The predicted octanol–water partition coefficient (Wildman–Crippen LogP) is 4.54. The number of benzene rings is 3. The van der Waals surface area contributed by atoms with Crippen molar-refractivity contribution in [3.63, 3.8) is 0 Å². The topological polar surface area (TPSA) is 17.1 Å². The lowest BCUT2D eigenvalue weighted by atomic mass is 10.3. The number of hydrogen-bond acceptors (Lipinski definition) is 2. The predicted molar refractivity (Wildman–Crippen MR) is 101 cm³/mol. The van der Waals surface area contributed by atoms with E-state index < -0.39 is 7.14 Å². The van der Waals surface area contributed by atoms with Crippen LogP contribution in [-0.2, 0) is 4.57 Å². The van der Waals surface area contributed by atoms with E-state index in [9.17, 15) is 4.57 Å². The third-order valence-electron chi connectivity index (χ3n) is 4.04. The van der Waals surface area contributed by atoms with Crippen molar-refractivity contribution in [2.45, 2.75) is 0 Å². The normalized spacial score (nSPS) is 11.7. The maximum atomic E-state index is 14.3. The summed E-state index contributed by atoms with van der Waals surface area (Å²) in [5.74, 6) is 0. The Bertz CT molecular complexity index is 946. The molecule has 0 aliphatic carbocycles. The van der Waals surface area contributed by atoms with Crippen LogP contribution in [0, 0.1) is 0 Å². The Morgan fingerprint density at radius 3 is 1.78 bits per heavy atom. The van der Waals surface area contributed by atoms with Crippen molar-refractivity contribution >= 4 is 44.5 Å². The molecule has 1 heterocycles. The molecule has 0 aliphatic heterocycles. The second-order valence-corrected chi connectivity index (χ2v) is 9.04. The molecule has 0 spiro atoms. The van der Waals surface area contributed by atoms with Crippen molar-refractivity contribution in [2.24, 2.45) is 0 Å². The van der Waals surface area contributed by atoms with Crippen molar-refractivity contribution in [1.82, 2.24) is 0 Å². The van der Waals surface area contributed by atoms with E-state index in [0.717, 1.165) is 21.3 Å². The number of hydrogen-bond donors (Lipinski definition) is 0. The molecule has 0 N–H and O–H groups in total.